The van der Waals surface area contributed by atoms with E-state index in [1.165, 1.54) is 0 Å². The van der Waals surface area contributed by atoms with Crippen LogP contribution < -0.4 is 0 Å². The van der Waals surface area contributed by atoms with Gasteiger partial charge in [0.2, 0.25) is 0 Å². The topological polar surface area (TPSA) is 53.0 Å². The van der Waals surface area contributed by atoms with Gasteiger partial charge in [-0.25, -0.2) is 4.79 Å². The van der Waals surface area contributed by atoms with Crippen LogP contribution in [0, 0.1) is 11.8 Å². The van der Waals surface area contributed by atoms with Crippen molar-refractivity contribution in [2.75, 3.05) is 39.3 Å². The van der Waals surface area contributed by atoms with Gasteiger partial charge in [-0.1, -0.05) is 0 Å². The zero-order chi connectivity index (χ0) is 14.8. The molecule has 0 unspecified atom stereocenters. The van der Waals surface area contributed by atoms with Crippen molar-refractivity contribution in [1.82, 2.24) is 9.80 Å². The van der Waals surface area contributed by atoms with Crippen LogP contribution in [0.2, 0.25) is 0 Å². The summed E-state index contributed by atoms with van der Waals surface area (Å²) in [7, 11) is 0. The van der Waals surface area contributed by atoms with Gasteiger partial charge in [-0.3, -0.25) is 4.90 Å². The van der Waals surface area contributed by atoms with Gasteiger partial charge in [0.05, 0.1) is 0 Å². The number of aliphatic hydroxyl groups excluding tert-OH is 1. The quantitative estimate of drug-likeness (QED) is 0.854. The number of carbonyl (C=O) groups excluding carboxylic acids is 1. The lowest BCUT2D eigenvalue weighted by Gasteiger charge is -2.41. The Balaban J connectivity index is 1.66. The van der Waals surface area contributed by atoms with Gasteiger partial charge < -0.3 is 14.7 Å². The third-order valence-corrected chi connectivity index (χ3v) is 4.13. The molecule has 5 heteroatoms. The second-order valence-corrected chi connectivity index (χ2v) is 7.15. The number of hydrogen-bond donors (Lipinski definition) is 1. The smallest absolute Gasteiger partial charge is 0.410 e. The fourth-order valence-electron chi connectivity index (χ4n) is 2.98. The monoisotopic (exact) mass is 284 g/mol. The normalized spacial score (nSPS) is 28.1. The summed E-state index contributed by atoms with van der Waals surface area (Å²) in [6.45, 7) is 10.5. The van der Waals surface area contributed by atoms with Crippen LogP contribution in [0.3, 0.4) is 0 Å². The van der Waals surface area contributed by atoms with Crippen molar-refractivity contribution in [3.05, 3.63) is 0 Å². The number of carbonyl (C=O) groups is 1. The summed E-state index contributed by atoms with van der Waals surface area (Å²) in [5, 5.41) is 9.03. The molecule has 0 radical (unpaired) electrons. The Morgan fingerprint density at radius 2 is 1.75 bits per heavy atom. The number of piperazine rings is 1. The molecule has 5 nitrogen and oxygen atoms in total. The fraction of sp³-hybridized carbons (Fsp3) is 0.933. The summed E-state index contributed by atoms with van der Waals surface area (Å²) < 4.78 is 5.40. The molecule has 2 fully saturated rings. The molecule has 20 heavy (non-hydrogen) atoms. The van der Waals surface area contributed by atoms with Crippen LogP contribution in [0.15, 0.2) is 0 Å². The van der Waals surface area contributed by atoms with Gasteiger partial charge in [0.25, 0.3) is 0 Å². The first-order chi connectivity index (χ1) is 9.37. The van der Waals surface area contributed by atoms with Crippen LogP contribution in [0.4, 0.5) is 4.79 Å². The summed E-state index contributed by atoms with van der Waals surface area (Å²) in [5.41, 5.74) is -0.417. The Labute approximate surface area is 121 Å². The summed E-state index contributed by atoms with van der Waals surface area (Å²) in [5.74, 6) is 1.27. The third-order valence-electron chi connectivity index (χ3n) is 4.13. The fourth-order valence-corrected chi connectivity index (χ4v) is 2.98. The van der Waals surface area contributed by atoms with Crippen molar-refractivity contribution in [3.63, 3.8) is 0 Å². The Hall–Kier alpha value is -0.810. The number of amides is 1. The summed E-state index contributed by atoms with van der Waals surface area (Å²) >= 11 is 0. The zero-order valence-electron chi connectivity index (χ0n) is 13.0. The molecule has 116 valence electrons. The zero-order valence-corrected chi connectivity index (χ0v) is 13.0. The van der Waals surface area contributed by atoms with Crippen molar-refractivity contribution in [3.8, 4) is 0 Å². The first-order valence-corrected chi connectivity index (χ1v) is 7.68. The highest BCUT2D eigenvalue weighted by Crippen LogP contribution is 2.33. The van der Waals surface area contributed by atoms with E-state index in [2.05, 4.69) is 4.90 Å². The van der Waals surface area contributed by atoms with E-state index in [1.54, 1.807) is 4.90 Å². The lowest BCUT2D eigenvalue weighted by Crippen LogP contribution is -2.51. The van der Waals surface area contributed by atoms with Crippen molar-refractivity contribution >= 4 is 6.09 Å². The highest BCUT2D eigenvalue weighted by Gasteiger charge is 2.31. The van der Waals surface area contributed by atoms with Crippen molar-refractivity contribution < 1.29 is 14.6 Å². The number of rotatable bonds is 3. The predicted molar refractivity (Wildman–Crippen MR) is 77.5 cm³/mol. The molecule has 0 aromatic rings. The molecule has 0 aromatic heterocycles. The van der Waals surface area contributed by atoms with Crippen molar-refractivity contribution in [2.45, 2.75) is 39.2 Å². The molecule has 2 aliphatic rings. The summed E-state index contributed by atoms with van der Waals surface area (Å²) in [6.07, 6.45) is 2.12. The van der Waals surface area contributed by atoms with E-state index in [9.17, 15) is 4.79 Å². The van der Waals surface area contributed by atoms with E-state index in [-0.39, 0.29) is 6.09 Å². The summed E-state index contributed by atoms with van der Waals surface area (Å²) in [4.78, 5) is 16.2. The molecule has 0 atom stereocenters. The molecule has 1 saturated carbocycles. The van der Waals surface area contributed by atoms with Crippen LogP contribution in [-0.2, 0) is 4.74 Å². The average Bonchev–Trinajstić information content (AvgIpc) is 2.31. The minimum absolute atomic E-state index is 0.193. The lowest BCUT2D eigenvalue weighted by atomic mass is 9.75. The van der Waals surface area contributed by atoms with Gasteiger partial charge >= 0.3 is 6.09 Å². The molecule has 1 aliphatic carbocycles. The molecule has 1 N–H and O–H groups in total. The second-order valence-electron chi connectivity index (χ2n) is 7.15. The van der Waals surface area contributed by atoms with Crippen molar-refractivity contribution in [2.24, 2.45) is 11.8 Å². The Morgan fingerprint density at radius 3 is 2.25 bits per heavy atom. The number of ether oxygens (including phenoxy) is 1. The van der Waals surface area contributed by atoms with Gasteiger partial charge in [0.1, 0.15) is 5.60 Å². The minimum atomic E-state index is -0.417. The SMILES string of the molecule is CC(C)(C)OC(=O)N1CCN(CC2CC(CO)C2)CC1. The maximum absolute atomic E-state index is 11.9. The van der Waals surface area contributed by atoms with Gasteiger partial charge in [-0.05, 0) is 45.4 Å². The highest BCUT2D eigenvalue weighted by atomic mass is 16.6. The third kappa shape index (κ3) is 4.35. The molecular weight excluding hydrogens is 256 g/mol. The second kappa shape index (κ2) is 6.31. The average molecular weight is 284 g/mol. The van der Waals surface area contributed by atoms with Crippen LogP contribution in [0.25, 0.3) is 0 Å². The van der Waals surface area contributed by atoms with Crippen LogP contribution in [0.5, 0.6) is 0 Å². The molecule has 1 heterocycles. The Morgan fingerprint density at radius 1 is 1.15 bits per heavy atom. The van der Waals surface area contributed by atoms with E-state index in [0.717, 1.165) is 51.5 Å². The minimum Gasteiger partial charge on any atom is -0.444 e. The van der Waals surface area contributed by atoms with Gasteiger partial charge in [-0.15, -0.1) is 0 Å². The molecule has 1 aliphatic heterocycles. The van der Waals surface area contributed by atoms with Gasteiger partial charge in [-0.2, -0.15) is 0 Å². The van der Waals surface area contributed by atoms with E-state index in [1.807, 2.05) is 20.8 Å². The van der Waals surface area contributed by atoms with Crippen LogP contribution in [0.1, 0.15) is 33.6 Å². The van der Waals surface area contributed by atoms with E-state index in [4.69, 9.17) is 9.84 Å². The van der Waals surface area contributed by atoms with E-state index < -0.39 is 5.60 Å². The van der Waals surface area contributed by atoms with Gasteiger partial charge in [0, 0.05) is 39.3 Å². The highest BCUT2D eigenvalue weighted by molar-refractivity contribution is 5.68. The number of nitrogens with zero attached hydrogens (tertiary/aromatic N) is 2. The first kappa shape index (κ1) is 15.6. The van der Waals surface area contributed by atoms with Gasteiger partial charge in [0.15, 0.2) is 0 Å². The molecule has 2 rings (SSSR count). The summed E-state index contributed by atoms with van der Waals surface area (Å²) in [6, 6.07) is 0. The first-order valence-electron chi connectivity index (χ1n) is 7.68. The van der Waals surface area contributed by atoms with Crippen LogP contribution >= 0.6 is 0 Å². The maximum atomic E-state index is 11.9. The molecule has 0 bridgehead atoms. The lowest BCUT2D eigenvalue weighted by molar-refractivity contribution is 0.00883. The van der Waals surface area contributed by atoms with Crippen LogP contribution in [-0.4, -0.2) is 65.9 Å². The molecule has 1 saturated heterocycles. The largest absolute Gasteiger partial charge is 0.444 e. The Kier molecular flexibility index (Phi) is 4.91. The number of aliphatic hydroxyl groups is 1. The predicted octanol–water partition coefficient (Wildman–Crippen LogP) is 1.56. The molecular formula is C15H28N2O3. The number of hydrogen-bond acceptors (Lipinski definition) is 4. The van der Waals surface area contributed by atoms with E-state index >= 15 is 0 Å². The van der Waals surface area contributed by atoms with E-state index in [0.29, 0.717) is 12.5 Å². The Bertz CT molecular complexity index is 327. The van der Waals surface area contributed by atoms with Crippen molar-refractivity contribution in [1.29, 1.82) is 0 Å². The maximum Gasteiger partial charge on any atom is 0.410 e. The molecule has 0 spiro atoms. The molecule has 1 amide bonds. The molecule has 0 aromatic carbocycles. The standard InChI is InChI=1S/C15H28N2O3/c1-15(2,3)20-14(19)17-6-4-16(5-7-17)10-12-8-13(9-12)11-18/h12-13,18H,4-11H2,1-3H3.